The number of phenols is 1. The Balaban J connectivity index is 3.47. The Hall–Kier alpha value is -1.35. The van der Waals surface area contributed by atoms with Crippen LogP contribution in [0.3, 0.4) is 0 Å². The molecule has 0 saturated heterocycles. The summed E-state index contributed by atoms with van der Waals surface area (Å²) in [5, 5.41) is 9.43. The van der Waals surface area contributed by atoms with Crippen molar-refractivity contribution in [3.05, 3.63) is 29.8 Å². The molecule has 3 N–H and O–H groups in total. The Morgan fingerprint density at radius 1 is 2.00 bits per heavy atom. The number of hydrogen-bond acceptors (Lipinski definition) is 3. The summed E-state index contributed by atoms with van der Waals surface area (Å²) in [5.74, 6) is -1.61. The normalized spacial score (nSPS) is 21.5. The maximum atomic E-state index is 11.2. The Kier molecular flexibility index (Phi) is 1.48. The van der Waals surface area contributed by atoms with Gasteiger partial charge in [0.05, 0.1) is 10.1 Å². The van der Waals surface area contributed by atoms with Crippen LogP contribution in [-0.2, 0) is 11.2 Å². The fourth-order valence-electron chi connectivity index (χ4n) is 0.715. The minimum absolute atomic E-state index is 0.338. The number of aromatic hydroxyl groups is 1. The van der Waals surface area contributed by atoms with E-state index in [1.807, 2.05) is 0 Å². The van der Waals surface area contributed by atoms with Crippen molar-refractivity contribution < 1.29 is 16.8 Å². The Morgan fingerprint density at radius 3 is 3.31 bits per heavy atom. The fraction of sp³-hybridized carbons (Fsp3) is 0.300. The van der Waals surface area contributed by atoms with E-state index in [0.29, 0.717) is 0 Å². The van der Waals surface area contributed by atoms with Gasteiger partial charge >= 0.3 is 0 Å². The standard InChI is InChI=1S/C10H13NO2/c1-7(12)10(11)6-8-3-2-4-9(13)5-8/h2-5,10,13H,6,11H2,1H3/t10-/m0/s1/i4D,5D,6D2,10D. The van der Waals surface area contributed by atoms with E-state index in [1.165, 1.54) is 0 Å². The van der Waals surface area contributed by atoms with Crippen LogP contribution in [0.5, 0.6) is 5.75 Å². The summed E-state index contributed by atoms with van der Waals surface area (Å²) >= 11 is 0. The van der Waals surface area contributed by atoms with Gasteiger partial charge in [-0.2, -0.15) is 0 Å². The molecule has 13 heavy (non-hydrogen) atoms. The van der Waals surface area contributed by atoms with Crippen LogP contribution in [0.25, 0.3) is 0 Å². The zero-order valence-electron chi connectivity index (χ0n) is 12.1. The number of benzene rings is 1. The highest BCUT2D eigenvalue weighted by atomic mass is 16.3. The predicted molar refractivity (Wildman–Crippen MR) is 50.5 cm³/mol. The molecule has 0 heterocycles. The van der Waals surface area contributed by atoms with Crippen LogP contribution in [0.1, 0.15) is 19.3 Å². The molecule has 1 rings (SSSR count). The molecular weight excluding hydrogens is 166 g/mol. The lowest BCUT2D eigenvalue weighted by Crippen LogP contribution is -2.30. The Morgan fingerprint density at radius 2 is 2.69 bits per heavy atom. The zero-order valence-corrected chi connectivity index (χ0v) is 7.09. The van der Waals surface area contributed by atoms with Crippen molar-refractivity contribution in [1.29, 1.82) is 0 Å². The van der Waals surface area contributed by atoms with Gasteiger partial charge in [0.25, 0.3) is 0 Å². The first kappa shape index (κ1) is 4.77. The van der Waals surface area contributed by atoms with Gasteiger partial charge in [0, 0.05) is 2.74 Å². The first-order valence-corrected chi connectivity index (χ1v) is 3.63. The molecule has 3 nitrogen and oxygen atoms in total. The van der Waals surface area contributed by atoms with Crippen LogP contribution in [-0.4, -0.2) is 16.9 Å². The van der Waals surface area contributed by atoms with E-state index in [1.54, 1.807) is 0 Å². The summed E-state index contributed by atoms with van der Waals surface area (Å²) in [6, 6.07) is -1.40. The SMILES string of the molecule is [2H]c1ccc(C([2H])([2H])[C@]([2H])(N)C(C)=O)c([2H])c1O. The third-order valence-corrected chi connectivity index (χ3v) is 1.37. The van der Waals surface area contributed by atoms with Crippen molar-refractivity contribution in [3.8, 4) is 5.75 Å². The van der Waals surface area contributed by atoms with Gasteiger partial charge in [-0.1, -0.05) is 12.1 Å². The lowest BCUT2D eigenvalue weighted by Gasteiger charge is -2.07. The summed E-state index contributed by atoms with van der Waals surface area (Å²) in [6.07, 6.45) is -2.65. The zero-order chi connectivity index (χ0) is 14.3. The number of ketones is 1. The molecule has 0 bridgehead atoms. The average Bonchev–Trinajstić information content (AvgIpc) is 2.25. The summed E-state index contributed by atoms with van der Waals surface area (Å²) in [5.41, 5.74) is 4.96. The molecule has 1 aromatic rings. The third kappa shape index (κ3) is 2.87. The Labute approximate surface area is 84.2 Å². The van der Waals surface area contributed by atoms with Gasteiger partial charge in [0.2, 0.25) is 0 Å². The van der Waals surface area contributed by atoms with E-state index in [0.717, 1.165) is 19.1 Å². The molecule has 0 aliphatic carbocycles. The van der Waals surface area contributed by atoms with Crippen molar-refractivity contribution in [2.45, 2.75) is 19.3 Å². The van der Waals surface area contributed by atoms with Crippen LogP contribution in [0.4, 0.5) is 0 Å². The third-order valence-electron chi connectivity index (χ3n) is 1.37. The van der Waals surface area contributed by atoms with E-state index in [4.69, 9.17) is 12.6 Å². The minimum Gasteiger partial charge on any atom is -0.508 e. The second kappa shape index (κ2) is 4.05. The number of hydrogen-bond donors (Lipinski definition) is 2. The molecule has 0 radical (unpaired) electrons. The number of carbonyl (C=O) groups excluding carboxylic acids is 1. The van der Waals surface area contributed by atoms with Gasteiger partial charge in [-0.15, -0.1) is 0 Å². The first-order valence-electron chi connectivity index (χ1n) is 6.13. The molecule has 0 saturated carbocycles. The highest BCUT2D eigenvalue weighted by Crippen LogP contribution is 2.12. The number of rotatable bonds is 3. The quantitative estimate of drug-likeness (QED) is 0.732. The summed E-state index contributed by atoms with van der Waals surface area (Å²) in [6.45, 7) is 0.979. The van der Waals surface area contributed by atoms with Crippen LogP contribution >= 0.6 is 0 Å². The second-order valence-electron chi connectivity index (χ2n) is 2.46. The number of carbonyl (C=O) groups is 1. The molecular formula is C10H13NO2. The lowest BCUT2D eigenvalue weighted by atomic mass is 10.0. The van der Waals surface area contributed by atoms with E-state index >= 15 is 0 Å². The molecule has 0 aromatic heterocycles. The molecule has 0 amide bonds. The second-order valence-corrected chi connectivity index (χ2v) is 2.46. The highest BCUT2D eigenvalue weighted by Gasteiger charge is 2.08. The van der Waals surface area contributed by atoms with Gasteiger partial charge in [0.15, 0.2) is 0 Å². The van der Waals surface area contributed by atoms with E-state index < -0.39 is 35.5 Å². The van der Waals surface area contributed by atoms with E-state index in [9.17, 15) is 9.90 Å². The van der Waals surface area contributed by atoms with Crippen molar-refractivity contribution in [1.82, 2.24) is 0 Å². The van der Waals surface area contributed by atoms with Crippen molar-refractivity contribution in [2.75, 3.05) is 0 Å². The average molecular weight is 184 g/mol. The predicted octanol–water partition coefficient (Wildman–Crippen LogP) is 0.851. The maximum absolute atomic E-state index is 11.2. The first-order chi connectivity index (χ1) is 8.03. The molecule has 0 aliphatic rings. The fourth-order valence-corrected chi connectivity index (χ4v) is 0.715. The van der Waals surface area contributed by atoms with Gasteiger partial charge < -0.3 is 10.8 Å². The molecule has 0 fully saturated rings. The maximum Gasteiger partial charge on any atom is 0.146 e. The van der Waals surface area contributed by atoms with Crippen LogP contribution in [0, 0.1) is 0 Å². The largest absolute Gasteiger partial charge is 0.508 e. The van der Waals surface area contributed by atoms with E-state index in [-0.39, 0.29) is 6.04 Å². The lowest BCUT2D eigenvalue weighted by molar-refractivity contribution is -0.118. The van der Waals surface area contributed by atoms with Crippen LogP contribution < -0.4 is 5.73 Å². The molecule has 1 aromatic carbocycles. The monoisotopic (exact) mass is 184 g/mol. The molecule has 70 valence electrons. The smallest absolute Gasteiger partial charge is 0.146 e. The van der Waals surface area contributed by atoms with Crippen LogP contribution in [0.15, 0.2) is 24.2 Å². The summed E-state index contributed by atoms with van der Waals surface area (Å²) in [7, 11) is 0. The van der Waals surface area contributed by atoms with Gasteiger partial charge in [-0.05, 0) is 30.9 Å². The van der Waals surface area contributed by atoms with Crippen LogP contribution in [0.2, 0.25) is 0 Å². The highest BCUT2D eigenvalue weighted by molar-refractivity contribution is 5.81. The van der Waals surface area contributed by atoms with Gasteiger partial charge in [-0.3, -0.25) is 4.79 Å². The number of phenolic OH excluding ortho intramolecular Hbond substituents is 1. The minimum atomic E-state index is -2.65. The van der Waals surface area contributed by atoms with Gasteiger partial charge in [0.1, 0.15) is 11.5 Å². The van der Waals surface area contributed by atoms with E-state index in [2.05, 4.69) is 0 Å². The molecule has 1 atom stereocenters. The molecule has 0 spiro atoms. The van der Waals surface area contributed by atoms with Gasteiger partial charge in [-0.25, -0.2) is 0 Å². The molecule has 0 unspecified atom stereocenters. The van der Waals surface area contributed by atoms with Crippen molar-refractivity contribution in [3.63, 3.8) is 0 Å². The molecule has 3 heteroatoms. The Bertz CT molecular complexity index is 501. The number of Topliss-reactive ketones (excluding diaryl/α,β-unsaturated/α-hetero) is 1. The topological polar surface area (TPSA) is 63.3 Å². The molecule has 0 aliphatic heterocycles. The van der Waals surface area contributed by atoms with Crippen molar-refractivity contribution in [2.24, 2.45) is 5.73 Å². The summed E-state index contributed by atoms with van der Waals surface area (Å²) < 4.78 is 37.9. The number of nitrogens with two attached hydrogens (primary N) is 1. The van der Waals surface area contributed by atoms with Crippen molar-refractivity contribution >= 4 is 5.78 Å². The summed E-state index contributed by atoms with van der Waals surface area (Å²) in [4.78, 5) is 11.2.